The van der Waals surface area contributed by atoms with E-state index in [2.05, 4.69) is 43.1 Å². The molecule has 0 saturated carbocycles. The average Bonchev–Trinajstić information content (AvgIpc) is 2.76. The van der Waals surface area contributed by atoms with E-state index >= 15 is 0 Å². The normalized spacial score (nSPS) is 14.7. The van der Waals surface area contributed by atoms with Crippen molar-refractivity contribution in [3.63, 3.8) is 0 Å². The fourth-order valence-corrected chi connectivity index (χ4v) is 2.48. The maximum Gasteiger partial charge on any atom is 0.138 e. The highest BCUT2D eigenvalue weighted by Crippen LogP contribution is 2.26. The van der Waals surface area contributed by atoms with E-state index in [1.807, 2.05) is 4.68 Å². The molecule has 0 aliphatic rings. The minimum Gasteiger partial charge on any atom is -0.316 e. The van der Waals surface area contributed by atoms with Gasteiger partial charge in [0.2, 0.25) is 0 Å². The molecule has 0 aromatic carbocycles. The fraction of sp³-hybridized carbons (Fsp3) is 0.857. The van der Waals surface area contributed by atoms with Crippen LogP contribution in [0.15, 0.2) is 6.33 Å². The number of rotatable bonds is 9. The van der Waals surface area contributed by atoms with Crippen LogP contribution in [-0.4, -0.2) is 27.9 Å². The van der Waals surface area contributed by atoms with Gasteiger partial charge in [0.1, 0.15) is 12.2 Å². The van der Waals surface area contributed by atoms with E-state index in [9.17, 15) is 0 Å². The number of hydrogen-bond donors (Lipinski definition) is 1. The smallest absolute Gasteiger partial charge is 0.138 e. The van der Waals surface area contributed by atoms with Crippen molar-refractivity contribution in [2.75, 3.05) is 13.1 Å². The van der Waals surface area contributed by atoms with Crippen molar-refractivity contribution in [1.82, 2.24) is 20.1 Å². The van der Waals surface area contributed by atoms with E-state index < -0.39 is 0 Å². The van der Waals surface area contributed by atoms with Crippen LogP contribution >= 0.6 is 0 Å². The Kier molecular flexibility index (Phi) is 6.33. The first kappa shape index (κ1) is 15.2. The maximum atomic E-state index is 4.41. The zero-order valence-corrected chi connectivity index (χ0v) is 12.4. The van der Waals surface area contributed by atoms with Crippen LogP contribution in [0.2, 0.25) is 0 Å². The van der Waals surface area contributed by atoms with Gasteiger partial charge in [-0.25, -0.2) is 4.98 Å². The summed E-state index contributed by atoms with van der Waals surface area (Å²) < 4.78 is 2.01. The largest absolute Gasteiger partial charge is 0.316 e. The molecule has 1 aromatic rings. The molecule has 0 aliphatic carbocycles. The lowest BCUT2D eigenvalue weighted by Gasteiger charge is -2.29. The Bertz CT molecular complexity index is 334. The quantitative estimate of drug-likeness (QED) is 0.687. The second-order valence-electron chi connectivity index (χ2n) is 5.41. The number of nitrogens with one attached hydrogen (secondary N) is 1. The Hall–Kier alpha value is -0.900. The highest BCUT2D eigenvalue weighted by molar-refractivity contribution is 4.93. The van der Waals surface area contributed by atoms with Gasteiger partial charge in [-0.05, 0) is 31.7 Å². The number of aromatic nitrogens is 3. The summed E-state index contributed by atoms with van der Waals surface area (Å²) in [5.74, 6) is 1.12. The summed E-state index contributed by atoms with van der Waals surface area (Å²) in [6.45, 7) is 12.0. The molecular weight excluding hydrogens is 224 g/mol. The predicted octanol–water partition coefficient (Wildman–Crippen LogP) is 2.65. The molecule has 104 valence electrons. The van der Waals surface area contributed by atoms with Gasteiger partial charge in [0.05, 0.1) is 0 Å². The van der Waals surface area contributed by atoms with Gasteiger partial charge in [-0.2, -0.15) is 5.10 Å². The van der Waals surface area contributed by atoms with Crippen LogP contribution in [0.3, 0.4) is 0 Å². The van der Waals surface area contributed by atoms with Gasteiger partial charge in [0.15, 0.2) is 0 Å². The molecule has 4 nitrogen and oxygen atoms in total. The Balaban J connectivity index is 2.66. The summed E-state index contributed by atoms with van der Waals surface area (Å²) in [5, 5.41) is 7.81. The second kappa shape index (κ2) is 7.52. The molecule has 1 unspecified atom stereocenters. The van der Waals surface area contributed by atoms with Gasteiger partial charge in [-0.3, -0.25) is 4.68 Å². The Morgan fingerprint density at radius 2 is 2.06 bits per heavy atom. The van der Waals surface area contributed by atoms with Crippen molar-refractivity contribution >= 4 is 0 Å². The fourth-order valence-electron chi connectivity index (χ4n) is 2.48. The summed E-state index contributed by atoms with van der Waals surface area (Å²) in [4.78, 5) is 4.41. The summed E-state index contributed by atoms with van der Waals surface area (Å²) in [6, 6.07) is 0. The maximum absolute atomic E-state index is 4.41. The molecule has 4 heteroatoms. The van der Waals surface area contributed by atoms with Gasteiger partial charge in [0.25, 0.3) is 0 Å². The van der Waals surface area contributed by atoms with Crippen molar-refractivity contribution in [3.05, 3.63) is 12.2 Å². The van der Waals surface area contributed by atoms with Gasteiger partial charge >= 0.3 is 0 Å². The van der Waals surface area contributed by atoms with Crippen LogP contribution in [0, 0.1) is 5.41 Å². The van der Waals surface area contributed by atoms with Crippen LogP contribution in [0.25, 0.3) is 0 Å². The minimum absolute atomic E-state index is 0.282. The number of aryl methyl sites for hydroxylation is 1. The lowest BCUT2D eigenvalue weighted by molar-refractivity contribution is 0.266. The molecule has 0 radical (unpaired) electrons. The third-order valence-electron chi connectivity index (χ3n) is 3.41. The van der Waals surface area contributed by atoms with E-state index in [1.54, 1.807) is 6.33 Å². The van der Waals surface area contributed by atoms with E-state index in [-0.39, 0.29) is 5.41 Å². The highest BCUT2D eigenvalue weighted by atomic mass is 15.3. The molecule has 1 heterocycles. The summed E-state index contributed by atoms with van der Waals surface area (Å²) in [6.07, 6.45) is 6.30. The van der Waals surface area contributed by atoms with Crippen LogP contribution in [0.1, 0.15) is 52.8 Å². The zero-order valence-electron chi connectivity index (χ0n) is 12.4. The molecule has 0 amide bonds. The van der Waals surface area contributed by atoms with Crippen LogP contribution < -0.4 is 5.32 Å². The number of hydrogen-bond acceptors (Lipinski definition) is 3. The highest BCUT2D eigenvalue weighted by Gasteiger charge is 2.25. The van der Waals surface area contributed by atoms with E-state index in [0.717, 1.165) is 31.9 Å². The van der Waals surface area contributed by atoms with Crippen LogP contribution in [-0.2, 0) is 13.0 Å². The summed E-state index contributed by atoms with van der Waals surface area (Å²) >= 11 is 0. The summed E-state index contributed by atoms with van der Waals surface area (Å²) in [5.41, 5.74) is 0.282. The van der Waals surface area contributed by atoms with Crippen molar-refractivity contribution < 1.29 is 0 Å². The first-order valence-electron chi connectivity index (χ1n) is 7.22. The van der Waals surface area contributed by atoms with Gasteiger partial charge in [0, 0.05) is 19.5 Å². The molecule has 0 aliphatic heterocycles. The lowest BCUT2D eigenvalue weighted by atomic mass is 9.82. The van der Waals surface area contributed by atoms with Gasteiger partial charge < -0.3 is 5.32 Å². The topological polar surface area (TPSA) is 42.7 Å². The minimum atomic E-state index is 0.282. The first-order chi connectivity index (χ1) is 8.65. The second-order valence-corrected chi connectivity index (χ2v) is 5.41. The van der Waals surface area contributed by atoms with Gasteiger partial charge in [-0.1, -0.05) is 27.2 Å². The standard InChI is InChI=1S/C14H28N4/c1-5-8-14(4,11-15-9-6-2)10-13-16-12-17-18(13)7-3/h12,15H,5-11H2,1-4H3. The molecule has 1 aromatic heterocycles. The van der Waals surface area contributed by atoms with E-state index in [0.29, 0.717) is 0 Å². The summed E-state index contributed by atoms with van der Waals surface area (Å²) in [7, 11) is 0. The van der Waals surface area contributed by atoms with Crippen LogP contribution in [0.4, 0.5) is 0 Å². The molecule has 0 bridgehead atoms. The molecule has 0 spiro atoms. The zero-order chi connectivity index (χ0) is 13.4. The first-order valence-corrected chi connectivity index (χ1v) is 7.22. The monoisotopic (exact) mass is 252 g/mol. The molecule has 1 rings (SSSR count). The lowest BCUT2D eigenvalue weighted by Crippen LogP contribution is -2.35. The Morgan fingerprint density at radius 3 is 2.67 bits per heavy atom. The molecule has 1 N–H and O–H groups in total. The third kappa shape index (κ3) is 4.41. The third-order valence-corrected chi connectivity index (χ3v) is 3.41. The molecular formula is C14H28N4. The molecule has 18 heavy (non-hydrogen) atoms. The van der Waals surface area contributed by atoms with Gasteiger partial charge in [-0.15, -0.1) is 0 Å². The molecule has 1 atom stereocenters. The Labute approximate surface area is 111 Å². The molecule has 0 fully saturated rings. The van der Waals surface area contributed by atoms with Crippen molar-refractivity contribution in [1.29, 1.82) is 0 Å². The SMILES string of the molecule is CCCNCC(C)(CCC)Cc1ncnn1CC. The van der Waals surface area contributed by atoms with Crippen LogP contribution in [0.5, 0.6) is 0 Å². The van der Waals surface area contributed by atoms with Crippen molar-refractivity contribution in [3.8, 4) is 0 Å². The van der Waals surface area contributed by atoms with E-state index in [4.69, 9.17) is 0 Å². The van der Waals surface area contributed by atoms with Crippen molar-refractivity contribution in [2.24, 2.45) is 5.41 Å². The average molecular weight is 252 g/mol. The van der Waals surface area contributed by atoms with E-state index in [1.165, 1.54) is 19.3 Å². The molecule has 0 saturated heterocycles. The number of nitrogens with zero attached hydrogens (tertiary/aromatic N) is 3. The predicted molar refractivity (Wildman–Crippen MR) is 75.6 cm³/mol. The van der Waals surface area contributed by atoms with Crippen molar-refractivity contribution in [2.45, 2.75) is 59.9 Å². The Morgan fingerprint density at radius 1 is 1.28 bits per heavy atom.